The van der Waals surface area contributed by atoms with Gasteiger partial charge in [-0.05, 0) is 26.3 Å². The van der Waals surface area contributed by atoms with Crippen LogP contribution in [0.15, 0.2) is 33.9 Å². The number of nitrogens with zero attached hydrogens (tertiary/aromatic N) is 3. The second-order valence-electron chi connectivity index (χ2n) is 5.44. The van der Waals surface area contributed by atoms with E-state index >= 15 is 0 Å². The zero-order chi connectivity index (χ0) is 18.7. The Hall–Kier alpha value is -2.37. The first-order valence-corrected chi connectivity index (χ1v) is 9.25. The molecule has 2 rings (SSSR count). The maximum absolute atomic E-state index is 12.8. The molecule has 2 N–H and O–H groups in total. The number of hydrogen-bond donors (Lipinski definition) is 1. The Morgan fingerprint density at radius 2 is 2.20 bits per heavy atom. The van der Waals surface area contributed by atoms with Crippen LogP contribution in [0.2, 0.25) is 0 Å². The predicted molar refractivity (Wildman–Crippen MR) is 102 cm³/mol. The minimum Gasteiger partial charge on any atom is -0.401 e. The largest absolute Gasteiger partial charge is 0.401 e. The number of carbonyl (C=O) groups excluding carboxylic acids is 1. The Balaban J connectivity index is 2.47. The summed E-state index contributed by atoms with van der Waals surface area (Å²) in [7, 11) is 0. The quantitative estimate of drug-likeness (QED) is 0.274. The van der Waals surface area contributed by atoms with Gasteiger partial charge in [-0.25, -0.2) is 4.98 Å². The van der Waals surface area contributed by atoms with Gasteiger partial charge in [0.25, 0.3) is 5.56 Å². The maximum Gasteiger partial charge on any atom is 0.263 e. The number of aryl methyl sites for hydroxylation is 2. The Morgan fingerprint density at radius 3 is 2.76 bits per heavy atom. The highest BCUT2D eigenvalue weighted by Crippen LogP contribution is 2.28. The van der Waals surface area contributed by atoms with Crippen LogP contribution < -0.4 is 11.3 Å². The third kappa shape index (κ3) is 3.67. The van der Waals surface area contributed by atoms with E-state index < -0.39 is 0 Å². The molecule has 0 saturated carbocycles. The highest BCUT2D eigenvalue weighted by atomic mass is 32.2. The number of ketones is 1. The number of carbonyl (C=O) groups is 1. The molecule has 6 nitrogen and oxygen atoms in total. The van der Waals surface area contributed by atoms with E-state index in [0.29, 0.717) is 21.9 Å². The Kier molecular flexibility index (Phi) is 5.82. The van der Waals surface area contributed by atoms with E-state index in [9.17, 15) is 9.59 Å². The van der Waals surface area contributed by atoms with Gasteiger partial charge in [0.15, 0.2) is 10.9 Å². The maximum atomic E-state index is 12.8. The number of nitrogens with two attached hydrogens (primary N) is 1. The number of thiophene rings is 1. The van der Waals surface area contributed by atoms with Gasteiger partial charge in [-0.1, -0.05) is 17.8 Å². The van der Waals surface area contributed by atoms with Gasteiger partial charge in [0.1, 0.15) is 16.5 Å². The summed E-state index contributed by atoms with van der Waals surface area (Å²) < 4.78 is 1.50. The van der Waals surface area contributed by atoms with E-state index in [-0.39, 0.29) is 28.4 Å². The minimum absolute atomic E-state index is 0.0180. The Morgan fingerprint density at radius 1 is 1.52 bits per heavy atom. The summed E-state index contributed by atoms with van der Waals surface area (Å²) in [5.41, 5.74) is 6.46. The van der Waals surface area contributed by atoms with Gasteiger partial charge in [0.05, 0.1) is 11.1 Å². The van der Waals surface area contributed by atoms with Crippen molar-refractivity contribution in [1.29, 1.82) is 5.26 Å². The zero-order valence-electron chi connectivity index (χ0n) is 14.3. The Labute approximate surface area is 153 Å². The molecule has 0 spiro atoms. The number of thioether (sulfide) groups is 1. The monoisotopic (exact) mass is 374 g/mol. The van der Waals surface area contributed by atoms with Crippen molar-refractivity contribution in [2.24, 2.45) is 5.73 Å². The first-order chi connectivity index (χ1) is 11.8. The first-order valence-electron chi connectivity index (χ1n) is 7.45. The van der Waals surface area contributed by atoms with Crippen molar-refractivity contribution >= 4 is 39.1 Å². The predicted octanol–water partition coefficient (Wildman–Crippen LogP) is 2.68. The fraction of sp³-hybridized carbons (Fsp3) is 0.294. The fourth-order valence-electron chi connectivity index (χ4n) is 2.28. The van der Waals surface area contributed by atoms with Crippen LogP contribution in [-0.4, -0.2) is 21.1 Å². The summed E-state index contributed by atoms with van der Waals surface area (Å²) in [4.78, 5) is 31.2. The van der Waals surface area contributed by atoms with Gasteiger partial charge in [0.2, 0.25) is 0 Å². The summed E-state index contributed by atoms with van der Waals surface area (Å²) in [6.07, 6.45) is 1.61. The van der Waals surface area contributed by atoms with Crippen LogP contribution in [-0.2, 0) is 11.3 Å². The molecule has 0 aromatic carbocycles. The summed E-state index contributed by atoms with van der Waals surface area (Å²) in [5, 5.41) is 10.1. The molecule has 8 heteroatoms. The fourth-order valence-corrected chi connectivity index (χ4v) is 4.23. The average molecular weight is 374 g/mol. The summed E-state index contributed by atoms with van der Waals surface area (Å²) in [6, 6.07) is 1.82. The van der Waals surface area contributed by atoms with Gasteiger partial charge >= 0.3 is 0 Å². The smallest absolute Gasteiger partial charge is 0.263 e. The molecule has 0 aliphatic rings. The number of aromatic nitrogens is 2. The summed E-state index contributed by atoms with van der Waals surface area (Å²) in [5.74, 6) is -0.402. The summed E-state index contributed by atoms with van der Waals surface area (Å²) >= 11 is 2.57. The third-order valence-corrected chi connectivity index (χ3v) is 5.76. The number of hydrogen-bond acceptors (Lipinski definition) is 7. The molecule has 2 heterocycles. The van der Waals surface area contributed by atoms with Crippen LogP contribution in [0.3, 0.4) is 0 Å². The lowest BCUT2D eigenvalue weighted by Gasteiger charge is -2.10. The van der Waals surface area contributed by atoms with Crippen molar-refractivity contribution < 1.29 is 4.79 Å². The molecule has 0 aliphatic heterocycles. The van der Waals surface area contributed by atoms with Gasteiger partial charge in [0, 0.05) is 17.1 Å². The lowest BCUT2D eigenvalue weighted by atomic mass is 10.2. The molecule has 0 saturated heterocycles. The van der Waals surface area contributed by atoms with Crippen molar-refractivity contribution in [2.45, 2.75) is 32.5 Å². The molecule has 130 valence electrons. The SMILES string of the molecule is C=CCn1c(SCC(=O)/C(C#N)=C(\C)N)nc2sc(C)c(C)c2c1=O. The highest BCUT2D eigenvalue weighted by molar-refractivity contribution is 7.99. The molecule has 0 unspecified atom stereocenters. The molecule has 2 aromatic rings. The van der Waals surface area contributed by atoms with Crippen LogP contribution in [0.5, 0.6) is 0 Å². The third-order valence-electron chi connectivity index (χ3n) is 3.68. The van der Waals surface area contributed by atoms with E-state index in [1.165, 1.54) is 22.8 Å². The second kappa shape index (κ2) is 7.68. The zero-order valence-corrected chi connectivity index (χ0v) is 15.9. The number of nitriles is 1. The lowest BCUT2D eigenvalue weighted by Crippen LogP contribution is -2.23. The number of allylic oxidation sites excluding steroid dienone is 3. The first kappa shape index (κ1) is 19.0. The van der Waals surface area contributed by atoms with Crippen molar-refractivity contribution in [3.05, 3.63) is 44.7 Å². The molecular weight excluding hydrogens is 356 g/mol. The molecule has 0 amide bonds. The van der Waals surface area contributed by atoms with Crippen LogP contribution >= 0.6 is 23.1 Å². The molecule has 0 atom stereocenters. The number of rotatable bonds is 6. The molecular formula is C17H18N4O2S2. The van der Waals surface area contributed by atoms with Crippen molar-refractivity contribution in [1.82, 2.24) is 9.55 Å². The normalized spacial score (nSPS) is 11.9. The molecule has 0 radical (unpaired) electrons. The van der Waals surface area contributed by atoms with Crippen LogP contribution in [0, 0.1) is 25.2 Å². The molecule has 0 fully saturated rings. The van der Waals surface area contributed by atoms with Crippen LogP contribution in [0.25, 0.3) is 10.2 Å². The number of fused-ring (bicyclic) bond motifs is 1. The topological polar surface area (TPSA) is 102 Å². The molecule has 0 bridgehead atoms. The van der Waals surface area contributed by atoms with Crippen molar-refractivity contribution in [3.63, 3.8) is 0 Å². The van der Waals surface area contributed by atoms with Gasteiger partial charge in [-0.2, -0.15) is 5.26 Å². The van der Waals surface area contributed by atoms with E-state index in [2.05, 4.69) is 11.6 Å². The van der Waals surface area contributed by atoms with Crippen LogP contribution in [0.4, 0.5) is 0 Å². The summed E-state index contributed by atoms with van der Waals surface area (Å²) in [6.45, 7) is 9.33. The highest BCUT2D eigenvalue weighted by Gasteiger charge is 2.18. The average Bonchev–Trinajstić information content (AvgIpc) is 2.83. The van der Waals surface area contributed by atoms with Gasteiger partial charge < -0.3 is 5.73 Å². The van der Waals surface area contributed by atoms with E-state index in [1.54, 1.807) is 6.08 Å². The van der Waals surface area contributed by atoms with Crippen molar-refractivity contribution in [3.8, 4) is 6.07 Å². The van der Waals surface area contributed by atoms with Gasteiger partial charge in [-0.15, -0.1) is 17.9 Å². The molecule has 0 aliphatic carbocycles. The lowest BCUT2D eigenvalue weighted by molar-refractivity contribution is -0.112. The van der Waals surface area contributed by atoms with Crippen LogP contribution in [0.1, 0.15) is 17.4 Å². The Bertz CT molecular complexity index is 989. The van der Waals surface area contributed by atoms with E-state index in [4.69, 9.17) is 11.0 Å². The van der Waals surface area contributed by atoms with E-state index in [0.717, 1.165) is 22.2 Å². The standard InChI is InChI=1S/C17H18N4O2S2/c1-5-6-21-16(23)14-9(2)11(4)25-15(14)20-17(21)24-8-13(22)12(7-18)10(3)19/h5H,1,6,8,19H2,2-4H3/b12-10+. The van der Waals surface area contributed by atoms with E-state index in [1.807, 2.05) is 19.9 Å². The second-order valence-corrected chi connectivity index (χ2v) is 7.59. The van der Waals surface area contributed by atoms with Crippen molar-refractivity contribution in [2.75, 3.05) is 5.75 Å². The minimum atomic E-state index is -0.384. The molecule has 25 heavy (non-hydrogen) atoms. The molecule has 2 aromatic heterocycles. The number of Topliss-reactive ketones (excluding diaryl/α,β-unsaturated/α-hetero) is 1. The van der Waals surface area contributed by atoms with Gasteiger partial charge in [-0.3, -0.25) is 14.2 Å².